The molecule has 13 heteroatoms. The van der Waals surface area contributed by atoms with Gasteiger partial charge >= 0.3 is 12.1 Å². The van der Waals surface area contributed by atoms with Crippen LogP contribution >= 0.6 is 0 Å². The lowest BCUT2D eigenvalue weighted by atomic mass is 9.98. The van der Waals surface area contributed by atoms with Crippen LogP contribution < -0.4 is 14.8 Å². The predicted octanol–water partition coefficient (Wildman–Crippen LogP) is 5.44. The van der Waals surface area contributed by atoms with E-state index in [-0.39, 0.29) is 48.4 Å². The first kappa shape index (κ1) is 38.5. The van der Waals surface area contributed by atoms with Gasteiger partial charge in [0.15, 0.2) is 25.2 Å². The number of nitrogens with one attached hydrogen (secondary N) is 1. The lowest BCUT2D eigenvalue weighted by molar-refractivity contribution is 0.0127. The first-order chi connectivity index (χ1) is 24.3. The highest BCUT2D eigenvalue weighted by Crippen LogP contribution is 2.25. The van der Waals surface area contributed by atoms with E-state index in [1.807, 2.05) is 0 Å². The molecule has 272 valence electrons. The minimum atomic E-state index is -0.797. The molecule has 1 saturated heterocycles. The highest BCUT2D eigenvalue weighted by molar-refractivity contribution is 6.12. The van der Waals surface area contributed by atoms with Gasteiger partial charge in [0.1, 0.15) is 23.2 Å². The zero-order valence-corrected chi connectivity index (χ0v) is 29.7. The Bertz CT molecular complexity index is 1700. The monoisotopic (exact) mass is 704 g/mol. The van der Waals surface area contributed by atoms with Crippen LogP contribution in [0.5, 0.6) is 11.5 Å². The molecule has 51 heavy (non-hydrogen) atoms. The van der Waals surface area contributed by atoms with E-state index in [2.05, 4.69) is 5.32 Å². The molecule has 0 radical (unpaired) electrons. The second-order valence-electron chi connectivity index (χ2n) is 12.9. The number of ketones is 2. The quantitative estimate of drug-likeness (QED) is 0.137. The normalized spacial score (nSPS) is 16.0. The minimum Gasteiger partial charge on any atom is -0.468 e. The smallest absolute Gasteiger partial charge is 0.410 e. The Labute approximate surface area is 297 Å². The Kier molecular flexibility index (Phi) is 13.3. The fourth-order valence-electron chi connectivity index (χ4n) is 5.28. The van der Waals surface area contributed by atoms with Gasteiger partial charge in [0.05, 0.1) is 17.2 Å². The van der Waals surface area contributed by atoms with E-state index in [0.717, 1.165) is 0 Å². The number of Topliss-reactive ketones (excluding diaryl/α,β-unsaturated/α-hetero) is 1. The van der Waals surface area contributed by atoms with Crippen LogP contribution in [0.4, 0.5) is 4.79 Å². The Balaban J connectivity index is 1.53. The molecule has 1 heterocycles. The van der Waals surface area contributed by atoms with Crippen LogP contribution in [0.3, 0.4) is 0 Å². The molecule has 0 saturated carbocycles. The number of hydrogen-bond donors (Lipinski definition) is 1. The first-order valence-electron chi connectivity index (χ1n) is 16.4. The molecule has 2 amide bonds. The van der Waals surface area contributed by atoms with Crippen molar-refractivity contribution in [2.45, 2.75) is 58.3 Å². The molecule has 3 aromatic rings. The van der Waals surface area contributed by atoms with Gasteiger partial charge in [-0.15, -0.1) is 0 Å². The summed E-state index contributed by atoms with van der Waals surface area (Å²) in [7, 11) is 2.95. The van der Waals surface area contributed by atoms with Crippen LogP contribution in [0.1, 0.15) is 87.5 Å². The maximum atomic E-state index is 13.5. The Morgan fingerprint density at radius 1 is 0.804 bits per heavy atom. The third-order valence-corrected chi connectivity index (χ3v) is 7.81. The molecular formula is C38H44N2O11. The summed E-state index contributed by atoms with van der Waals surface area (Å²) in [4.78, 5) is 66.9. The number of benzene rings is 3. The molecule has 0 unspecified atom stereocenters. The number of likely N-dealkylation sites (tertiary alicyclic amines) is 1. The number of carbonyl (C=O) groups excluding carboxylic acids is 5. The van der Waals surface area contributed by atoms with Gasteiger partial charge in [-0.1, -0.05) is 12.1 Å². The number of carbonyl (C=O) groups is 5. The van der Waals surface area contributed by atoms with Gasteiger partial charge in [-0.3, -0.25) is 14.4 Å². The van der Waals surface area contributed by atoms with E-state index in [1.165, 1.54) is 62.4 Å². The summed E-state index contributed by atoms with van der Waals surface area (Å²) < 4.78 is 32.4. The maximum absolute atomic E-state index is 13.5. The third-order valence-electron chi connectivity index (χ3n) is 7.81. The lowest BCUT2D eigenvalue weighted by Gasteiger charge is -2.30. The summed E-state index contributed by atoms with van der Waals surface area (Å²) in [6.45, 7) is 7.02. The van der Waals surface area contributed by atoms with Gasteiger partial charge < -0.3 is 38.6 Å². The van der Waals surface area contributed by atoms with Gasteiger partial charge in [-0.05, 0) is 95.1 Å². The number of nitrogens with zero attached hydrogens (tertiary/aromatic N) is 1. The average molecular weight is 705 g/mol. The molecule has 0 bridgehead atoms. The van der Waals surface area contributed by atoms with Crippen molar-refractivity contribution in [3.63, 3.8) is 0 Å². The molecule has 2 atom stereocenters. The largest absolute Gasteiger partial charge is 0.468 e. The SMILES string of the molecule is COCOc1ccc(C(=O)N[C@@H]2CN(C(=O)OC(C)(C)C)CCC[C@H]2OC(=O)c2ccc(C(=O)c3cc(C(C)=O)ccc3OCOC)cc2)cc1. The van der Waals surface area contributed by atoms with Crippen LogP contribution in [-0.4, -0.2) is 93.1 Å². The molecule has 0 aliphatic carbocycles. The molecule has 0 aromatic heterocycles. The summed E-state index contributed by atoms with van der Waals surface area (Å²) in [5.41, 5.74) is 0.530. The van der Waals surface area contributed by atoms with Crippen LogP contribution in [0.2, 0.25) is 0 Å². The summed E-state index contributed by atoms with van der Waals surface area (Å²) in [5.74, 6) is -0.984. The van der Waals surface area contributed by atoms with Gasteiger partial charge in [0, 0.05) is 44.0 Å². The first-order valence-corrected chi connectivity index (χ1v) is 16.4. The maximum Gasteiger partial charge on any atom is 0.410 e. The molecule has 3 aromatic carbocycles. The van der Waals surface area contributed by atoms with Crippen molar-refractivity contribution in [2.75, 3.05) is 40.9 Å². The van der Waals surface area contributed by atoms with E-state index in [0.29, 0.717) is 36.3 Å². The Morgan fingerprint density at radius 3 is 2.04 bits per heavy atom. The van der Waals surface area contributed by atoms with Crippen molar-refractivity contribution in [1.82, 2.24) is 10.2 Å². The number of methoxy groups -OCH3 is 2. The number of hydrogen-bond acceptors (Lipinski definition) is 11. The second-order valence-corrected chi connectivity index (χ2v) is 12.9. The lowest BCUT2D eigenvalue weighted by Crippen LogP contribution is -2.51. The van der Waals surface area contributed by atoms with Crippen molar-refractivity contribution in [3.8, 4) is 11.5 Å². The van der Waals surface area contributed by atoms with Crippen LogP contribution in [0.25, 0.3) is 0 Å². The number of amides is 2. The highest BCUT2D eigenvalue weighted by atomic mass is 16.7. The van der Waals surface area contributed by atoms with Gasteiger partial charge in [-0.25, -0.2) is 9.59 Å². The van der Waals surface area contributed by atoms with Crippen LogP contribution in [-0.2, 0) is 18.9 Å². The fourth-order valence-corrected chi connectivity index (χ4v) is 5.28. The molecule has 1 N–H and O–H groups in total. The molecule has 13 nitrogen and oxygen atoms in total. The van der Waals surface area contributed by atoms with Gasteiger partial charge in [-0.2, -0.15) is 0 Å². The van der Waals surface area contributed by atoms with E-state index >= 15 is 0 Å². The van der Waals surface area contributed by atoms with Crippen molar-refractivity contribution in [1.29, 1.82) is 0 Å². The second kappa shape index (κ2) is 17.6. The summed E-state index contributed by atoms with van der Waals surface area (Å²) in [6, 6.07) is 16.1. The van der Waals surface area contributed by atoms with E-state index in [1.54, 1.807) is 51.1 Å². The summed E-state index contributed by atoms with van der Waals surface area (Å²) in [6.07, 6.45) is -0.504. The summed E-state index contributed by atoms with van der Waals surface area (Å²) in [5, 5.41) is 2.95. The molecule has 0 spiro atoms. The van der Waals surface area contributed by atoms with Crippen LogP contribution in [0, 0.1) is 0 Å². The van der Waals surface area contributed by atoms with E-state index in [4.69, 9.17) is 28.4 Å². The van der Waals surface area contributed by atoms with Crippen LogP contribution in [0.15, 0.2) is 66.7 Å². The Morgan fingerprint density at radius 2 is 1.41 bits per heavy atom. The standard InChI is InChI=1S/C38H44N2O11/c1-24(41)28-15-18-32(49-23-47-6)30(20-28)34(42)25-9-11-27(12-10-25)36(44)50-33-8-7-19-40(37(45)51-38(2,3)4)21-31(33)39-35(43)26-13-16-29(17-14-26)48-22-46-5/h9-18,20,31,33H,7-8,19,21-23H2,1-6H3,(H,39,43)/t31-,33-/m1/s1. The molecule has 4 rings (SSSR count). The van der Waals surface area contributed by atoms with Crippen molar-refractivity contribution in [3.05, 3.63) is 94.5 Å². The summed E-state index contributed by atoms with van der Waals surface area (Å²) >= 11 is 0. The third kappa shape index (κ3) is 10.9. The predicted molar refractivity (Wildman–Crippen MR) is 185 cm³/mol. The van der Waals surface area contributed by atoms with Gasteiger partial charge in [0.2, 0.25) is 0 Å². The van der Waals surface area contributed by atoms with E-state index < -0.39 is 41.5 Å². The molecule has 1 fully saturated rings. The van der Waals surface area contributed by atoms with Crippen molar-refractivity contribution < 1.29 is 52.4 Å². The molecule has 1 aliphatic rings. The number of esters is 1. The van der Waals surface area contributed by atoms with Crippen molar-refractivity contribution >= 4 is 29.5 Å². The highest BCUT2D eigenvalue weighted by Gasteiger charge is 2.35. The molecule has 1 aliphatic heterocycles. The average Bonchev–Trinajstić information content (AvgIpc) is 3.30. The minimum absolute atomic E-state index is 0.0356. The number of rotatable bonds is 13. The zero-order valence-electron chi connectivity index (χ0n) is 29.7. The topological polar surface area (TPSA) is 156 Å². The zero-order chi connectivity index (χ0) is 37.1. The molecular weight excluding hydrogens is 660 g/mol. The van der Waals surface area contributed by atoms with Crippen molar-refractivity contribution in [2.24, 2.45) is 0 Å². The fraction of sp³-hybridized carbons (Fsp3) is 0.395. The number of ether oxygens (including phenoxy) is 6. The van der Waals surface area contributed by atoms with Gasteiger partial charge in [0.25, 0.3) is 5.91 Å². The Hall–Kier alpha value is -5.27. The van der Waals surface area contributed by atoms with E-state index in [9.17, 15) is 24.0 Å².